The van der Waals surface area contributed by atoms with Crippen LogP contribution in [0.15, 0.2) is 41.0 Å². The number of aromatic nitrogens is 4. The maximum absolute atomic E-state index is 13.6. The highest BCUT2D eigenvalue weighted by Crippen LogP contribution is 2.34. The number of nitrogens with zero attached hydrogens (tertiary/aromatic N) is 4. The summed E-state index contributed by atoms with van der Waals surface area (Å²) in [5.74, 6) is -0.222. The van der Waals surface area contributed by atoms with E-state index in [-0.39, 0.29) is 22.9 Å². The number of fused-ring (bicyclic) bond motifs is 1. The zero-order valence-electron chi connectivity index (χ0n) is 18.3. The van der Waals surface area contributed by atoms with Crippen molar-refractivity contribution in [2.45, 2.75) is 31.9 Å². The van der Waals surface area contributed by atoms with Crippen LogP contribution in [0.3, 0.4) is 0 Å². The third kappa shape index (κ3) is 4.35. The van der Waals surface area contributed by atoms with Crippen LogP contribution in [0.25, 0.3) is 10.9 Å². The van der Waals surface area contributed by atoms with Gasteiger partial charge in [0, 0.05) is 18.5 Å². The van der Waals surface area contributed by atoms with Crippen molar-refractivity contribution in [2.24, 2.45) is 4.99 Å². The molecule has 2 aliphatic rings. The first-order chi connectivity index (χ1) is 16.4. The molecule has 34 heavy (non-hydrogen) atoms. The van der Waals surface area contributed by atoms with E-state index >= 15 is 0 Å². The normalized spacial score (nSPS) is 17.8. The van der Waals surface area contributed by atoms with Crippen molar-refractivity contribution in [3.8, 4) is 0 Å². The second kappa shape index (κ2) is 9.05. The van der Waals surface area contributed by atoms with E-state index in [4.69, 9.17) is 4.74 Å². The molecule has 1 amide bonds. The molecule has 2 N–H and O–H groups in total. The molecule has 0 bridgehead atoms. The van der Waals surface area contributed by atoms with Crippen LogP contribution in [0.5, 0.6) is 0 Å². The Morgan fingerprint density at radius 2 is 1.97 bits per heavy atom. The van der Waals surface area contributed by atoms with E-state index in [1.165, 1.54) is 6.20 Å². The highest BCUT2D eigenvalue weighted by molar-refractivity contribution is 6.14. The molecule has 1 fully saturated rings. The molecule has 178 valence electrons. The minimum atomic E-state index is -4.59. The lowest BCUT2D eigenvalue weighted by molar-refractivity contribution is -0.141. The second-order valence-electron chi connectivity index (χ2n) is 8.30. The Morgan fingerprint density at radius 3 is 2.71 bits per heavy atom. The minimum absolute atomic E-state index is 0.0856. The molecule has 5 rings (SSSR count). The number of allylic oxidation sites excluding steroid dienone is 2. The molecular weight excluding hydrogens is 449 g/mol. The summed E-state index contributed by atoms with van der Waals surface area (Å²) in [7, 11) is 0. The van der Waals surface area contributed by atoms with Crippen molar-refractivity contribution in [1.29, 1.82) is 0 Å². The number of benzene rings is 1. The first-order valence-electron chi connectivity index (χ1n) is 11.2. The summed E-state index contributed by atoms with van der Waals surface area (Å²) in [4.78, 5) is 19.3. The lowest BCUT2D eigenvalue weighted by atomic mass is 9.92. The number of rotatable bonds is 4. The predicted octanol–water partition coefficient (Wildman–Crippen LogP) is 4.40. The number of amides is 1. The van der Waals surface area contributed by atoms with E-state index in [0.29, 0.717) is 49.3 Å². The SMILES string of the molecule is O=C(c1n[nH]c2ccc(N=C(C3=CCCCC3)c3cn[nH]c3C(F)(F)F)cc12)N1CCOCC1. The summed E-state index contributed by atoms with van der Waals surface area (Å²) >= 11 is 0. The largest absolute Gasteiger partial charge is 0.433 e. The third-order valence-electron chi connectivity index (χ3n) is 6.06. The van der Waals surface area contributed by atoms with Gasteiger partial charge < -0.3 is 9.64 Å². The zero-order valence-corrected chi connectivity index (χ0v) is 18.3. The molecule has 0 unspecified atom stereocenters. The van der Waals surface area contributed by atoms with E-state index < -0.39 is 11.9 Å². The molecule has 0 radical (unpaired) electrons. The molecule has 0 saturated carbocycles. The standard InChI is InChI=1S/C23H23F3N6O2/c24-23(25,26)21-17(13-27-31-21)19(14-4-2-1-3-5-14)28-15-6-7-18-16(12-15)20(30-29-18)22(33)32-8-10-34-11-9-32/h4,6-7,12-13H,1-3,5,8-11H2,(H,27,31)(H,29,30). The van der Waals surface area contributed by atoms with Crippen LogP contribution in [0, 0.1) is 0 Å². The summed E-state index contributed by atoms with van der Waals surface area (Å²) in [5.41, 5.74) is 1.32. The van der Waals surface area contributed by atoms with Crippen LogP contribution in [-0.2, 0) is 10.9 Å². The molecule has 2 aromatic heterocycles. The summed E-state index contributed by atoms with van der Waals surface area (Å²) < 4.78 is 46.2. The first kappa shape index (κ1) is 22.3. The summed E-state index contributed by atoms with van der Waals surface area (Å²) in [5, 5.41) is 13.3. The first-order valence-corrected chi connectivity index (χ1v) is 11.2. The lowest BCUT2D eigenvalue weighted by Crippen LogP contribution is -2.40. The Balaban J connectivity index is 1.58. The summed E-state index contributed by atoms with van der Waals surface area (Å²) in [6, 6.07) is 5.10. The maximum atomic E-state index is 13.6. The van der Waals surface area contributed by atoms with E-state index in [0.717, 1.165) is 24.8 Å². The topological polar surface area (TPSA) is 99.3 Å². The number of aromatic amines is 2. The van der Waals surface area contributed by atoms with Crippen molar-refractivity contribution >= 4 is 28.2 Å². The van der Waals surface area contributed by atoms with E-state index in [1.54, 1.807) is 23.1 Å². The van der Waals surface area contributed by atoms with Crippen LogP contribution >= 0.6 is 0 Å². The van der Waals surface area contributed by atoms with Gasteiger partial charge in [0.1, 0.15) is 5.69 Å². The number of aliphatic imine (C=N–C) groups is 1. The number of halogens is 3. The molecule has 1 aromatic carbocycles. The highest BCUT2D eigenvalue weighted by atomic mass is 19.4. The van der Waals surface area contributed by atoms with Crippen molar-refractivity contribution in [2.75, 3.05) is 26.3 Å². The molecule has 3 heterocycles. The minimum Gasteiger partial charge on any atom is -0.378 e. The van der Waals surface area contributed by atoms with Crippen molar-refractivity contribution in [3.05, 3.63) is 53.0 Å². The maximum Gasteiger partial charge on any atom is 0.433 e. The molecule has 1 aliphatic heterocycles. The number of hydrogen-bond donors (Lipinski definition) is 2. The highest BCUT2D eigenvalue weighted by Gasteiger charge is 2.37. The molecule has 3 aromatic rings. The molecule has 0 spiro atoms. The summed E-state index contributed by atoms with van der Waals surface area (Å²) in [6.45, 7) is 1.89. The van der Waals surface area contributed by atoms with Crippen LogP contribution in [0.1, 0.15) is 47.4 Å². The Morgan fingerprint density at radius 1 is 1.15 bits per heavy atom. The average Bonchev–Trinajstić information content (AvgIpc) is 3.50. The number of alkyl halides is 3. The smallest absolute Gasteiger partial charge is 0.378 e. The van der Waals surface area contributed by atoms with Crippen LogP contribution in [0.4, 0.5) is 18.9 Å². The van der Waals surface area contributed by atoms with Crippen molar-refractivity contribution in [1.82, 2.24) is 25.3 Å². The van der Waals surface area contributed by atoms with Gasteiger partial charge in [0.15, 0.2) is 5.69 Å². The number of carbonyl (C=O) groups is 1. The number of nitrogens with one attached hydrogen (secondary N) is 2. The predicted molar refractivity (Wildman–Crippen MR) is 119 cm³/mol. The zero-order chi connectivity index (χ0) is 23.7. The van der Waals surface area contributed by atoms with Crippen molar-refractivity contribution in [3.63, 3.8) is 0 Å². The van der Waals surface area contributed by atoms with Gasteiger partial charge >= 0.3 is 6.18 Å². The van der Waals surface area contributed by atoms with Crippen LogP contribution in [-0.4, -0.2) is 63.2 Å². The molecule has 11 heteroatoms. The summed E-state index contributed by atoms with van der Waals surface area (Å²) in [6.07, 6.45) is 1.81. The van der Waals surface area contributed by atoms with Gasteiger partial charge in [-0.05, 0) is 49.5 Å². The van der Waals surface area contributed by atoms with Crippen LogP contribution < -0.4 is 0 Å². The number of ether oxygens (including phenoxy) is 1. The van der Waals surface area contributed by atoms with Gasteiger partial charge in [-0.1, -0.05) is 6.08 Å². The van der Waals surface area contributed by atoms with Gasteiger partial charge in [0.05, 0.1) is 41.9 Å². The Labute approximate surface area is 192 Å². The van der Waals surface area contributed by atoms with Crippen LogP contribution in [0.2, 0.25) is 0 Å². The van der Waals surface area contributed by atoms with E-state index in [1.807, 2.05) is 6.08 Å². The molecule has 8 nitrogen and oxygen atoms in total. The Kier molecular flexibility index (Phi) is 5.94. The van der Waals surface area contributed by atoms with Gasteiger partial charge in [0.2, 0.25) is 0 Å². The van der Waals surface area contributed by atoms with E-state index in [2.05, 4.69) is 25.4 Å². The van der Waals surface area contributed by atoms with Gasteiger partial charge in [-0.25, -0.2) is 4.99 Å². The Bertz CT molecular complexity index is 1270. The van der Waals surface area contributed by atoms with Gasteiger partial charge in [-0.2, -0.15) is 23.4 Å². The fourth-order valence-corrected chi connectivity index (χ4v) is 4.32. The fourth-order valence-electron chi connectivity index (χ4n) is 4.32. The average molecular weight is 472 g/mol. The van der Waals surface area contributed by atoms with Gasteiger partial charge in [-0.15, -0.1) is 0 Å². The van der Waals surface area contributed by atoms with E-state index in [9.17, 15) is 18.0 Å². The molecular formula is C23H23F3N6O2. The number of carbonyl (C=O) groups excluding carboxylic acids is 1. The fraction of sp³-hybridized carbons (Fsp3) is 0.391. The number of H-pyrrole nitrogens is 2. The molecule has 1 saturated heterocycles. The van der Waals surface area contributed by atoms with Gasteiger partial charge in [0.25, 0.3) is 5.91 Å². The second-order valence-corrected chi connectivity index (χ2v) is 8.30. The lowest BCUT2D eigenvalue weighted by Gasteiger charge is -2.26. The van der Waals surface area contributed by atoms with Crippen molar-refractivity contribution < 1.29 is 22.7 Å². The monoisotopic (exact) mass is 472 g/mol. The quantitative estimate of drug-likeness (QED) is 0.550. The number of morpholine rings is 1. The Hall–Kier alpha value is -3.47. The molecule has 0 atom stereocenters. The third-order valence-corrected chi connectivity index (χ3v) is 6.06. The van der Waals surface area contributed by atoms with Gasteiger partial charge in [-0.3, -0.25) is 15.0 Å². The molecule has 1 aliphatic carbocycles. The number of hydrogen-bond acceptors (Lipinski definition) is 5.